The molecule has 0 aromatic heterocycles. The zero-order valence-electron chi connectivity index (χ0n) is 9.10. The van der Waals surface area contributed by atoms with E-state index in [0.29, 0.717) is 13.0 Å². The summed E-state index contributed by atoms with van der Waals surface area (Å²) in [6.45, 7) is 2.31. The van der Waals surface area contributed by atoms with E-state index in [1.807, 2.05) is 31.2 Å². The molecule has 0 fully saturated rings. The molecular weight excluding hydrogens is 224 g/mol. The number of benzene rings is 1. The van der Waals surface area contributed by atoms with Crippen molar-refractivity contribution in [1.29, 1.82) is 5.26 Å². The largest absolute Gasteiger partial charge is 0.225 e. The molecule has 5 heteroatoms. The second kappa shape index (κ2) is 5.64. The highest BCUT2D eigenvalue weighted by molar-refractivity contribution is 7.89. The second-order valence-electron chi connectivity index (χ2n) is 3.49. The summed E-state index contributed by atoms with van der Waals surface area (Å²) in [6, 6.07) is 9.43. The molecule has 0 amide bonds. The van der Waals surface area contributed by atoms with Crippen LogP contribution >= 0.6 is 0 Å². The van der Waals surface area contributed by atoms with Crippen molar-refractivity contribution in [3.05, 3.63) is 35.4 Å². The lowest BCUT2D eigenvalue weighted by molar-refractivity contribution is 0.585. The molecule has 0 aliphatic carbocycles. The molecule has 0 saturated heterocycles. The van der Waals surface area contributed by atoms with Crippen molar-refractivity contribution in [1.82, 2.24) is 4.72 Å². The van der Waals surface area contributed by atoms with Gasteiger partial charge in [0, 0.05) is 6.54 Å². The first kappa shape index (κ1) is 12.7. The molecule has 0 spiro atoms. The summed E-state index contributed by atoms with van der Waals surface area (Å²) in [5.41, 5.74) is 2.25. The molecule has 0 heterocycles. The van der Waals surface area contributed by atoms with E-state index in [-0.39, 0.29) is 0 Å². The zero-order chi connectivity index (χ0) is 12.0. The fourth-order valence-electron chi connectivity index (χ4n) is 1.37. The van der Waals surface area contributed by atoms with E-state index in [9.17, 15) is 8.42 Å². The van der Waals surface area contributed by atoms with Gasteiger partial charge >= 0.3 is 0 Å². The maximum atomic E-state index is 11.2. The number of sulfonamides is 1. The van der Waals surface area contributed by atoms with Crippen LogP contribution in [0.25, 0.3) is 0 Å². The molecule has 1 aromatic carbocycles. The van der Waals surface area contributed by atoms with E-state index < -0.39 is 15.8 Å². The van der Waals surface area contributed by atoms with Crippen LogP contribution in [0, 0.1) is 18.3 Å². The molecule has 0 aliphatic heterocycles. The lowest BCUT2D eigenvalue weighted by atomic mass is 10.1. The van der Waals surface area contributed by atoms with Gasteiger partial charge in [0.1, 0.15) is 0 Å². The zero-order valence-corrected chi connectivity index (χ0v) is 9.92. The van der Waals surface area contributed by atoms with Crippen LogP contribution in [0.5, 0.6) is 0 Å². The highest BCUT2D eigenvalue weighted by atomic mass is 32.2. The molecule has 1 N–H and O–H groups in total. The fraction of sp³-hybridized carbons (Fsp3) is 0.364. The summed E-state index contributed by atoms with van der Waals surface area (Å²) >= 11 is 0. The molecule has 1 rings (SSSR count). The second-order valence-corrected chi connectivity index (χ2v) is 5.29. The van der Waals surface area contributed by atoms with Crippen LogP contribution in [0.1, 0.15) is 11.1 Å². The first-order chi connectivity index (χ1) is 7.55. The van der Waals surface area contributed by atoms with Gasteiger partial charge in [0.05, 0.1) is 6.07 Å². The van der Waals surface area contributed by atoms with Crippen LogP contribution in [0.4, 0.5) is 0 Å². The average Bonchev–Trinajstić information content (AvgIpc) is 2.20. The molecule has 0 saturated carbocycles. The highest BCUT2D eigenvalue weighted by Gasteiger charge is 2.08. The van der Waals surface area contributed by atoms with Gasteiger partial charge < -0.3 is 0 Å². The number of nitrogens with one attached hydrogen (secondary N) is 1. The van der Waals surface area contributed by atoms with Gasteiger partial charge in [0.15, 0.2) is 5.75 Å². The Morgan fingerprint density at radius 3 is 2.69 bits per heavy atom. The van der Waals surface area contributed by atoms with Gasteiger partial charge in [-0.3, -0.25) is 0 Å². The molecule has 0 aliphatic rings. The van der Waals surface area contributed by atoms with Gasteiger partial charge in [-0.2, -0.15) is 5.26 Å². The van der Waals surface area contributed by atoms with E-state index in [2.05, 4.69) is 4.72 Å². The number of aryl methyl sites for hydroxylation is 1. The summed E-state index contributed by atoms with van der Waals surface area (Å²) in [4.78, 5) is 0. The predicted octanol–water partition coefficient (Wildman–Crippen LogP) is 0.980. The van der Waals surface area contributed by atoms with Crippen molar-refractivity contribution < 1.29 is 8.42 Å². The average molecular weight is 238 g/mol. The summed E-state index contributed by atoms with van der Waals surface area (Å²) in [7, 11) is -3.43. The standard InChI is InChI=1S/C11H14N2O2S/c1-10-4-2-3-5-11(10)6-8-13-16(14,15)9-7-12/h2-5,13H,6,8-9H2,1H3. The predicted molar refractivity (Wildman–Crippen MR) is 62.3 cm³/mol. The van der Waals surface area contributed by atoms with Crippen LogP contribution in [-0.2, 0) is 16.4 Å². The van der Waals surface area contributed by atoms with Gasteiger partial charge in [-0.1, -0.05) is 24.3 Å². The minimum atomic E-state index is -3.43. The van der Waals surface area contributed by atoms with Gasteiger partial charge in [0.25, 0.3) is 0 Å². The van der Waals surface area contributed by atoms with Gasteiger partial charge in [-0.05, 0) is 24.5 Å². The Morgan fingerprint density at radius 1 is 1.38 bits per heavy atom. The van der Waals surface area contributed by atoms with E-state index in [1.54, 1.807) is 6.07 Å². The van der Waals surface area contributed by atoms with E-state index >= 15 is 0 Å². The lowest BCUT2D eigenvalue weighted by Crippen LogP contribution is -2.27. The third kappa shape index (κ3) is 4.01. The summed E-state index contributed by atoms with van der Waals surface area (Å²) < 4.78 is 24.7. The van der Waals surface area contributed by atoms with Crippen molar-refractivity contribution in [2.45, 2.75) is 13.3 Å². The summed E-state index contributed by atoms with van der Waals surface area (Å²) in [5.74, 6) is -0.485. The monoisotopic (exact) mass is 238 g/mol. The normalized spacial score (nSPS) is 11.0. The quantitative estimate of drug-likeness (QED) is 0.831. The molecule has 0 unspecified atom stereocenters. The molecule has 1 aromatic rings. The van der Waals surface area contributed by atoms with Crippen molar-refractivity contribution in [3.8, 4) is 6.07 Å². The molecule has 0 bridgehead atoms. The van der Waals surface area contributed by atoms with Crippen LogP contribution in [0.2, 0.25) is 0 Å². The molecule has 16 heavy (non-hydrogen) atoms. The molecule has 0 radical (unpaired) electrons. The Morgan fingerprint density at radius 2 is 2.06 bits per heavy atom. The fourth-order valence-corrected chi connectivity index (χ4v) is 2.05. The maximum absolute atomic E-state index is 11.2. The van der Waals surface area contributed by atoms with E-state index in [1.165, 1.54) is 0 Å². The minimum Gasteiger partial charge on any atom is -0.214 e. The SMILES string of the molecule is Cc1ccccc1CCNS(=O)(=O)CC#N. The number of nitrogens with zero attached hydrogens (tertiary/aromatic N) is 1. The third-order valence-electron chi connectivity index (χ3n) is 2.23. The topological polar surface area (TPSA) is 70.0 Å². The number of hydrogen-bond acceptors (Lipinski definition) is 3. The first-order valence-corrected chi connectivity index (χ1v) is 6.59. The smallest absolute Gasteiger partial charge is 0.214 e. The Balaban J connectivity index is 2.49. The Hall–Kier alpha value is -1.38. The molecule has 0 atom stereocenters. The highest BCUT2D eigenvalue weighted by Crippen LogP contribution is 2.06. The van der Waals surface area contributed by atoms with Crippen molar-refractivity contribution >= 4 is 10.0 Å². The summed E-state index contributed by atoms with van der Waals surface area (Å²) in [5, 5.41) is 8.29. The van der Waals surface area contributed by atoms with Gasteiger partial charge in [-0.15, -0.1) is 0 Å². The van der Waals surface area contributed by atoms with Crippen LogP contribution in [0.3, 0.4) is 0 Å². The number of rotatable bonds is 5. The van der Waals surface area contributed by atoms with Crippen LogP contribution in [0.15, 0.2) is 24.3 Å². The van der Waals surface area contributed by atoms with Crippen LogP contribution < -0.4 is 4.72 Å². The van der Waals surface area contributed by atoms with E-state index in [4.69, 9.17) is 5.26 Å². The van der Waals surface area contributed by atoms with Crippen molar-refractivity contribution in [2.75, 3.05) is 12.3 Å². The van der Waals surface area contributed by atoms with Crippen molar-refractivity contribution in [3.63, 3.8) is 0 Å². The summed E-state index contributed by atoms with van der Waals surface area (Å²) in [6.07, 6.45) is 0.636. The van der Waals surface area contributed by atoms with E-state index in [0.717, 1.165) is 11.1 Å². The maximum Gasteiger partial charge on any atom is 0.225 e. The number of nitriles is 1. The Bertz CT molecular complexity index is 489. The lowest BCUT2D eigenvalue weighted by Gasteiger charge is -2.06. The minimum absolute atomic E-state index is 0.328. The third-order valence-corrected chi connectivity index (χ3v) is 3.39. The first-order valence-electron chi connectivity index (χ1n) is 4.94. The molecule has 86 valence electrons. The van der Waals surface area contributed by atoms with Gasteiger partial charge in [0.2, 0.25) is 10.0 Å². The molecule has 4 nitrogen and oxygen atoms in total. The number of hydrogen-bond donors (Lipinski definition) is 1. The molecular formula is C11H14N2O2S. The Kier molecular flexibility index (Phi) is 4.47. The van der Waals surface area contributed by atoms with Crippen molar-refractivity contribution in [2.24, 2.45) is 0 Å². The van der Waals surface area contributed by atoms with Crippen LogP contribution in [-0.4, -0.2) is 20.7 Å². The van der Waals surface area contributed by atoms with Gasteiger partial charge in [-0.25, -0.2) is 13.1 Å². The Labute approximate surface area is 96.0 Å².